The molecule has 0 saturated heterocycles. The third kappa shape index (κ3) is 4.90. The molecule has 0 bridgehead atoms. The van der Waals surface area contributed by atoms with E-state index in [0.29, 0.717) is 5.92 Å². The van der Waals surface area contributed by atoms with Crippen molar-refractivity contribution in [3.63, 3.8) is 0 Å². The van der Waals surface area contributed by atoms with Crippen LogP contribution in [0.4, 0.5) is 4.39 Å². The topological polar surface area (TPSA) is 12.0 Å². The van der Waals surface area contributed by atoms with E-state index in [2.05, 4.69) is 32.7 Å². The molecule has 1 fully saturated rings. The first-order chi connectivity index (χ1) is 10.2. The monoisotopic (exact) mass is 367 g/mol. The van der Waals surface area contributed by atoms with Crippen LogP contribution in [-0.2, 0) is 12.8 Å². The van der Waals surface area contributed by atoms with Crippen LogP contribution in [0, 0.1) is 11.7 Å². The summed E-state index contributed by atoms with van der Waals surface area (Å²) in [6.07, 6.45) is 4.70. The lowest BCUT2D eigenvalue weighted by molar-refractivity contribution is 0.471. The molecule has 21 heavy (non-hydrogen) atoms. The summed E-state index contributed by atoms with van der Waals surface area (Å²) in [5, 5.41) is 5.77. The van der Waals surface area contributed by atoms with Gasteiger partial charge in [0.05, 0.1) is 0 Å². The van der Waals surface area contributed by atoms with Crippen LogP contribution in [0.1, 0.15) is 23.3 Å². The molecule has 0 amide bonds. The second kappa shape index (κ2) is 7.03. The minimum absolute atomic E-state index is 0.159. The standard InChI is InChI=1S/C17H19BrFNS/c18-14-9-17(21-11-14)8-13(10-20-16-5-6-16)7-12-1-3-15(19)4-2-12/h1-4,9,11,13,16,20H,5-8,10H2. The van der Waals surface area contributed by atoms with Crippen molar-refractivity contribution in [1.29, 1.82) is 0 Å². The van der Waals surface area contributed by atoms with Gasteiger partial charge in [0, 0.05) is 20.8 Å². The van der Waals surface area contributed by atoms with Gasteiger partial charge in [0.15, 0.2) is 0 Å². The van der Waals surface area contributed by atoms with Crippen LogP contribution in [0.5, 0.6) is 0 Å². The predicted octanol–water partition coefficient (Wildman–Crippen LogP) is 4.80. The number of hydrogen-bond acceptors (Lipinski definition) is 2. The number of thiophene rings is 1. The maximum absolute atomic E-state index is 13.0. The van der Waals surface area contributed by atoms with E-state index < -0.39 is 0 Å². The number of benzene rings is 1. The van der Waals surface area contributed by atoms with Gasteiger partial charge in [-0.05, 0) is 77.8 Å². The van der Waals surface area contributed by atoms with Crippen molar-refractivity contribution >= 4 is 27.3 Å². The lowest BCUT2D eigenvalue weighted by atomic mass is 9.95. The molecule has 1 aromatic carbocycles. The zero-order chi connectivity index (χ0) is 14.7. The van der Waals surface area contributed by atoms with Gasteiger partial charge in [-0.15, -0.1) is 11.3 Å². The fraction of sp³-hybridized carbons (Fsp3) is 0.412. The normalized spacial score (nSPS) is 16.1. The zero-order valence-corrected chi connectivity index (χ0v) is 14.2. The third-order valence-electron chi connectivity index (χ3n) is 3.82. The third-order valence-corrected chi connectivity index (χ3v) is 5.54. The molecule has 4 heteroatoms. The van der Waals surface area contributed by atoms with E-state index in [-0.39, 0.29) is 5.82 Å². The van der Waals surface area contributed by atoms with Gasteiger partial charge in [-0.1, -0.05) is 12.1 Å². The Morgan fingerprint density at radius 3 is 2.62 bits per heavy atom. The van der Waals surface area contributed by atoms with E-state index in [0.717, 1.165) is 29.9 Å². The quantitative estimate of drug-likeness (QED) is 0.740. The Hall–Kier alpha value is -0.710. The lowest BCUT2D eigenvalue weighted by Crippen LogP contribution is -2.27. The molecular formula is C17H19BrFNS. The molecule has 112 valence electrons. The van der Waals surface area contributed by atoms with E-state index >= 15 is 0 Å². The minimum atomic E-state index is -0.159. The van der Waals surface area contributed by atoms with Crippen LogP contribution >= 0.6 is 27.3 Å². The molecule has 3 rings (SSSR count). The molecule has 1 nitrogen and oxygen atoms in total. The summed E-state index contributed by atoms with van der Waals surface area (Å²) in [4.78, 5) is 1.41. The Balaban J connectivity index is 1.63. The second-order valence-corrected chi connectivity index (χ2v) is 7.73. The van der Waals surface area contributed by atoms with Crippen LogP contribution in [0.2, 0.25) is 0 Å². The van der Waals surface area contributed by atoms with Crippen LogP contribution in [0.15, 0.2) is 40.2 Å². The fourth-order valence-electron chi connectivity index (χ4n) is 2.54. The van der Waals surface area contributed by atoms with Crippen molar-refractivity contribution in [2.45, 2.75) is 31.7 Å². The van der Waals surface area contributed by atoms with Crippen molar-refractivity contribution in [2.24, 2.45) is 5.92 Å². The van der Waals surface area contributed by atoms with E-state index in [9.17, 15) is 4.39 Å². The minimum Gasteiger partial charge on any atom is -0.314 e. The Morgan fingerprint density at radius 2 is 2.00 bits per heavy atom. The van der Waals surface area contributed by atoms with Gasteiger partial charge in [-0.2, -0.15) is 0 Å². The van der Waals surface area contributed by atoms with E-state index in [1.54, 1.807) is 23.5 Å². The number of rotatable bonds is 7. The van der Waals surface area contributed by atoms with Crippen LogP contribution in [-0.4, -0.2) is 12.6 Å². The first-order valence-corrected chi connectivity index (χ1v) is 9.07. The van der Waals surface area contributed by atoms with Crippen molar-refractivity contribution in [2.75, 3.05) is 6.54 Å². The SMILES string of the molecule is Fc1ccc(CC(CNC2CC2)Cc2cc(Br)cs2)cc1. The molecule has 1 aliphatic carbocycles. The van der Waals surface area contributed by atoms with E-state index in [4.69, 9.17) is 0 Å². The Labute approximate surface area is 137 Å². The fourth-order valence-corrected chi connectivity index (χ4v) is 4.10. The van der Waals surface area contributed by atoms with Crippen LogP contribution < -0.4 is 5.32 Å². The predicted molar refractivity (Wildman–Crippen MR) is 90.3 cm³/mol. The summed E-state index contributed by atoms with van der Waals surface area (Å²) in [6, 6.07) is 9.87. The molecule has 1 heterocycles. The average Bonchev–Trinajstić information content (AvgIpc) is 3.21. The molecule has 1 unspecified atom stereocenters. The van der Waals surface area contributed by atoms with E-state index in [1.807, 2.05) is 12.1 Å². The van der Waals surface area contributed by atoms with Crippen molar-refractivity contribution in [3.8, 4) is 0 Å². The van der Waals surface area contributed by atoms with Gasteiger partial charge in [-0.3, -0.25) is 0 Å². The molecule has 0 aliphatic heterocycles. The summed E-state index contributed by atoms with van der Waals surface area (Å²) < 4.78 is 14.2. The Kier molecular flexibility index (Phi) is 5.09. The van der Waals surface area contributed by atoms with Gasteiger partial charge in [0.2, 0.25) is 0 Å². The summed E-state index contributed by atoms with van der Waals surface area (Å²) in [7, 11) is 0. The molecular weight excluding hydrogens is 349 g/mol. The summed E-state index contributed by atoms with van der Waals surface area (Å²) in [5.41, 5.74) is 1.22. The Morgan fingerprint density at radius 1 is 1.24 bits per heavy atom. The number of hydrogen-bond donors (Lipinski definition) is 1. The van der Waals surface area contributed by atoms with Crippen LogP contribution in [0.3, 0.4) is 0 Å². The van der Waals surface area contributed by atoms with Gasteiger partial charge in [0.1, 0.15) is 5.82 Å². The summed E-state index contributed by atoms with van der Waals surface area (Å²) in [5.74, 6) is 0.398. The van der Waals surface area contributed by atoms with Gasteiger partial charge >= 0.3 is 0 Å². The molecule has 0 radical (unpaired) electrons. The lowest BCUT2D eigenvalue weighted by Gasteiger charge is -2.17. The molecule has 2 aromatic rings. The second-order valence-electron chi connectivity index (χ2n) is 5.81. The van der Waals surface area contributed by atoms with Crippen molar-refractivity contribution in [3.05, 3.63) is 56.4 Å². The number of halogens is 2. The maximum atomic E-state index is 13.0. The molecule has 0 spiro atoms. The molecule has 1 N–H and O–H groups in total. The molecule has 1 saturated carbocycles. The molecule has 1 atom stereocenters. The van der Waals surface area contributed by atoms with Gasteiger partial charge < -0.3 is 5.32 Å². The highest BCUT2D eigenvalue weighted by Crippen LogP contribution is 2.25. The summed E-state index contributed by atoms with van der Waals surface area (Å²) >= 11 is 5.33. The van der Waals surface area contributed by atoms with Crippen molar-refractivity contribution < 1.29 is 4.39 Å². The van der Waals surface area contributed by atoms with Crippen molar-refractivity contribution in [1.82, 2.24) is 5.32 Å². The average molecular weight is 368 g/mol. The smallest absolute Gasteiger partial charge is 0.123 e. The molecule has 1 aliphatic rings. The molecule has 1 aromatic heterocycles. The van der Waals surface area contributed by atoms with Crippen LogP contribution in [0.25, 0.3) is 0 Å². The highest BCUT2D eigenvalue weighted by Gasteiger charge is 2.22. The number of nitrogens with one attached hydrogen (secondary N) is 1. The highest BCUT2D eigenvalue weighted by molar-refractivity contribution is 9.10. The zero-order valence-electron chi connectivity index (χ0n) is 11.8. The largest absolute Gasteiger partial charge is 0.314 e. The first kappa shape index (κ1) is 15.2. The summed E-state index contributed by atoms with van der Waals surface area (Å²) in [6.45, 7) is 1.04. The Bertz CT molecular complexity index is 577. The highest BCUT2D eigenvalue weighted by atomic mass is 79.9. The first-order valence-electron chi connectivity index (χ1n) is 7.40. The van der Waals surface area contributed by atoms with E-state index in [1.165, 1.54) is 23.3 Å². The maximum Gasteiger partial charge on any atom is 0.123 e. The van der Waals surface area contributed by atoms with Gasteiger partial charge in [0.25, 0.3) is 0 Å². The van der Waals surface area contributed by atoms with Gasteiger partial charge in [-0.25, -0.2) is 4.39 Å².